The van der Waals surface area contributed by atoms with Crippen molar-refractivity contribution >= 4 is 11.4 Å². The van der Waals surface area contributed by atoms with Gasteiger partial charge in [-0.05, 0) is 86.7 Å². The molecule has 0 saturated carbocycles. The fourth-order valence-electron chi connectivity index (χ4n) is 4.76. The Bertz CT molecular complexity index is 1370. The lowest BCUT2D eigenvalue weighted by molar-refractivity contribution is 0.138. The number of nitrogens with zero attached hydrogens (tertiary/aromatic N) is 6. The molecule has 0 spiro atoms. The van der Waals surface area contributed by atoms with E-state index in [1.54, 1.807) is 13.3 Å². The highest BCUT2D eigenvalue weighted by molar-refractivity contribution is 6.11. The van der Waals surface area contributed by atoms with Gasteiger partial charge in [-0.1, -0.05) is 11.2 Å². The molecule has 0 bridgehead atoms. The largest absolute Gasteiger partial charge is 0.396 e. The zero-order chi connectivity index (χ0) is 25.1. The number of pyridine rings is 2. The Morgan fingerprint density at radius 1 is 1.14 bits per heavy atom. The van der Waals surface area contributed by atoms with Crippen LogP contribution in [0.2, 0.25) is 0 Å². The molecule has 4 heterocycles. The summed E-state index contributed by atoms with van der Waals surface area (Å²) in [5.41, 5.74) is 4.57. The van der Waals surface area contributed by atoms with E-state index in [4.69, 9.17) is 4.84 Å². The van der Waals surface area contributed by atoms with E-state index in [0.29, 0.717) is 35.5 Å². The summed E-state index contributed by atoms with van der Waals surface area (Å²) in [5.74, 6) is -1.35. The number of hydrogen-bond donors (Lipinski definition) is 0. The van der Waals surface area contributed by atoms with Crippen LogP contribution in [0.1, 0.15) is 55.0 Å². The molecule has 1 aromatic carbocycles. The van der Waals surface area contributed by atoms with E-state index < -0.39 is 11.6 Å². The van der Waals surface area contributed by atoms with E-state index in [9.17, 15) is 8.78 Å². The number of rotatable bonds is 7. The Hall–Kier alpha value is -3.72. The van der Waals surface area contributed by atoms with E-state index in [0.717, 1.165) is 49.3 Å². The van der Waals surface area contributed by atoms with Crippen LogP contribution >= 0.6 is 0 Å². The summed E-state index contributed by atoms with van der Waals surface area (Å²) in [7, 11) is 0. The minimum atomic E-state index is -0.938. The number of piperidine rings is 1. The summed E-state index contributed by atoms with van der Waals surface area (Å²) in [6.45, 7) is 6.19. The molecular weight excluding hydrogens is 462 g/mol. The van der Waals surface area contributed by atoms with Crippen LogP contribution in [-0.2, 0) is 11.4 Å². The quantitative estimate of drug-likeness (QED) is 0.271. The van der Waals surface area contributed by atoms with Crippen LogP contribution < -0.4 is 0 Å². The molecule has 1 aliphatic heterocycles. The highest BCUT2D eigenvalue weighted by Crippen LogP contribution is 2.32. The third-order valence-electron chi connectivity index (χ3n) is 6.74. The third-order valence-corrected chi connectivity index (χ3v) is 6.74. The van der Waals surface area contributed by atoms with Crippen molar-refractivity contribution in [3.8, 4) is 0 Å². The molecule has 0 aliphatic carbocycles. The minimum absolute atomic E-state index is 0.353. The van der Waals surface area contributed by atoms with E-state index in [1.165, 1.54) is 11.6 Å². The molecule has 3 aromatic heterocycles. The molecule has 1 aliphatic rings. The average molecular weight is 491 g/mol. The first-order valence-electron chi connectivity index (χ1n) is 12.2. The van der Waals surface area contributed by atoms with Gasteiger partial charge in [0, 0.05) is 30.5 Å². The van der Waals surface area contributed by atoms with Crippen LogP contribution in [0.25, 0.3) is 5.65 Å². The minimum Gasteiger partial charge on any atom is -0.396 e. The molecule has 36 heavy (non-hydrogen) atoms. The van der Waals surface area contributed by atoms with Crippen LogP contribution in [0.15, 0.2) is 66.3 Å². The van der Waals surface area contributed by atoms with Gasteiger partial charge in [-0.3, -0.25) is 14.3 Å². The second-order valence-electron chi connectivity index (χ2n) is 9.14. The van der Waals surface area contributed by atoms with Crippen LogP contribution in [0.5, 0.6) is 0 Å². The summed E-state index contributed by atoms with van der Waals surface area (Å²) < 4.78 is 29.2. The third kappa shape index (κ3) is 5.11. The number of likely N-dealkylation sites (tertiary alicyclic amines) is 1. The van der Waals surface area contributed by atoms with Crippen molar-refractivity contribution in [1.29, 1.82) is 0 Å². The van der Waals surface area contributed by atoms with E-state index in [-0.39, 0.29) is 0 Å². The predicted molar refractivity (Wildman–Crippen MR) is 133 cm³/mol. The van der Waals surface area contributed by atoms with Crippen LogP contribution in [0.4, 0.5) is 8.78 Å². The molecule has 0 amide bonds. The van der Waals surface area contributed by atoms with Gasteiger partial charge in [-0.25, -0.2) is 8.78 Å². The van der Waals surface area contributed by atoms with Crippen molar-refractivity contribution < 1.29 is 13.6 Å². The maximum atomic E-state index is 13.8. The maximum Gasteiger partial charge on any atom is 0.160 e. The molecule has 1 fully saturated rings. The number of fused-ring (bicyclic) bond motifs is 1. The molecule has 186 valence electrons. The van der Waals surface area contributed by atoms with Gasteiger partial charge >= 0.3 is 0 Å². The molecule has 2 unspecified atom stereocenters. The van der Waals surface area contributed by atoms with Gasteiger partial charge in [0.05, 0.1) is 5.69 Å². The van der Waals surface area contributed by atoms with Gasteiger partial charge in [0.1, 0.15) is 18.6 Å². The fourth-order valence-corrected chi connectivity index (χ4v) is 4.76. The Kier molecular flexibility index (Phi) is 6.99. The Morgan fingerprint density at radius 2 is 2.03 bits per heavy atom. The van der Waals surface area contributed by atoms with Crippen molar-refractivity contribution in [1.82, 2.24) is 24.5 Å². The molecule has 7 nitrogen and oxygen atoms in total. The first-order chi connectivity index (χ1) is 17.5. The van der Waals surface area contributed by atoms with Gasteiger partial charge in [0.2, 0.25) is 0 Å². The lowest BCUT2D eigenvalue weighted by Crippen LogP contribution is -2.39. The number of benzene rings is 1. The average Bonchev–Trinajstić information content (AvgIpc) is 3.36. The Labute approximate surface area is 208 Å². The smallest absolute Gasteiger partial charge is 0.160 e. The second kappa shape index (κ2) is 10.5. The van der Waals surface area contributed by atoms with Crippen LogP contribution in [0, 0.1) is 11.6 Å². The van der Waals surface area contributed by atoms with E-state index in [1.807, 2.05) is 28.9 Å². The number of oxime groups is 1. The lowest BCUT2D eigenvalue weighted by atomic mass is 9.86. The number of halogens is 2. The maximum absolute atomic E-state index is 13.8. The van der Waals surface area contributed by atoms with Crippen molar-refractivity contribution in [2.75, 3.05) is 13.2 Å². The van der Waals surface area contributed by atoms with Crippen molar-refractivity contribution in [3.05, 3.63) is 95.2 Å². The fraction of sp³-hybridized carbons (Fsp3) is 0.333. The molecule has 2 atom stereocenters. The Balaban J connectivity index is 1.26. The summed E-state index contributed by atoms with van der Waals surface area (Å²) in [6.07, 6.45) is 7.69. The molecule has 4 aromatic rings. The topological polar surface area (TPSA) is 67.9 Å². The van der Waals surface area contributed by atoms with E-state index >= 15 is 0 Å². The molecule has 5 rings (SSSR count). The SMILES string of the molecule is CCO/N=C(\c1ccc(F)c(F)c1)c1ccc(CN2CCC(c3ccn4cnnc4c3)CC2C)cn1. The monoisotopic (exact) mass is 490 g/mol. The van der Waals surface area contributed by atoms with Gasteiger partial charge in [-0.15, -0.1) is 10.2 Å². The number of hydrogen-bond acceptors (Lipinski definition) is 6. The summed E-state index contributed by atoms with van der Waals surface area (Å²) >= 11 is 0. The van der Waals surface area contributed by atoms with Crippen molar-refractivity contribution in [2.24, 2.45) is 5.16 Å². The normalized spacial score (nSPS) is 19.1. The van der Waals surface area contributed by atoms with Crippen LogP contribution in [0.3, 0.4) is 0 Å². The van der Waals surface area contributed by atoms with E-state index in [2.05, 4.69) is 44.3 Å². The summed E-state index contributed by atoms with van der Waals surface area (Å²) in [5, 5.41) is 12.2. The first-order valence-corrected chi connectivity index (χ1v) is 12.2. The number of aromatic nitrogens is 4. The zero-order valence-corrected chi connectivity index (χ0v) is 20.3. The molecule has 1 saturated heterocycles. The zero-order valence-electron chi connectivity index (χ0n) is 20.3. The van der Waals surface area contributed by atoms with Gasteiger partial charge < -0.3 is 4.84 Å². The highest BCUT2D eigenvalue weighted by Gasteiger charge is 2.27. The summed E-state index contributed by atoms with van der Waals surface area (Å²) in [6, 6.07) is 12.2. The first kappa shape index (κ1) is 24.0. The molecule has 9 heteroatoms. The molecule has 0 N–H and O–H groups in total. The van der Waals surface area contributed by atoms with Crippen LogP contribution in [-0.4, -0.2) is 49.4 Å². The second-order valence-corrected chi connectivity index (χ2v) is 9.14. The van der Waals surface area contributed by atoms with Crippen molar-refractivity contribution in [3.63, 3.8) is 0 Å². The molecule has 0 radical (unpaired) electrons. The lowest BCUT2D eigenvalue weighted by Gasteiger charge is -2.38. The van der Waals surface area contributed by atoms with Crippen molar-refractivity contribution in [2.45, 2.75) is 45.2 Å². The van der Waals surface area contributed by atoms with Gasteiger partial charge in [-0.2, -0.15) is 0 Å². The predicted octanol–water partition coefficient (Wildman–Crippen LogP) is 4.96. The Morgan fingerprint density at radius 3 is 2.78 bits per heavy atom. The van der Waals surface area contributed by atoms with Gasteiger partial charge in [0.15, 0.2) is 17.3 Å². The van der Waals surface area contributed by atoms with Gasteiger partial charge in [0.25, 0.3) is 0 Å². The standard InChI is InChI=1S/C27H28F2N6O/c1-3-36-33-27(22-5-6-23(28)24(29)13-22)25-7-4-19(15-30-25)16-34-10-8-20(12-18(34)2)21-9-11-35-17-31-32-26(35)14-21/h4-7,9,11,13-15,17-18,20H,3,8,10,12,16H2,1-2H3/b33-27+. The summed E-state index contributed by atoms with van der Waals surface area (Å²) in [4.78, 5) is 12.3. The highest BCUT2D eigenvalue weighted by atomic mass is 19.2. The molecular formula is C27H28F2N6O.